The summed E-state index contributed by atoms with van der Waals surface area (Å²) in [6.07, 6.45) is 0.788. The van der Waals surface area contributed by atoms with Crippen molar-refractivity contribution in [1.29, 1.82) is 0 Å². The summed E-state index contributed by atoms with van der Waals surface area (Å²) in [4.78, 5) is 10.8. The molecule has 1 aromatic heterocycles. The van der Waals surface area contributed by atoms with Crippen LogP contribution in [0.25, 0.3) is 0 Å². The van der Waals surface area contributed by atoms with Crippen molar-refractivity contribution in [3.63, 3.8) is 0 Å². The van der Waals surface area contributed by atoms with Crippen LogP contribution in [0.2, 0.25) is 0 Å². The van der Waals surface area contributed by atoms with Gasteiger partial charge in [-0.05, 0) is 24.8 Å². The molecule has 1 aromatic rings. The highest BCUT2D eigenvalue weighted by Gasteiger charge is 2.38. The van der Waals surface area contributed by atoms with Gasteiger partial charge in [0.25, 0.3) is 5.92 Å². The second kappa shape index (κ2) is 5.72. The van der Waals surface area contributed by atoms with Gasteiger partial charge in [0.1, 0.15) is 5.82 Å². The lowest BCUT2D eigenvalue weighted by Gasteiger charge is -2.18. The standard InChI is InChI=1S/C15H23F2N3/c1-5-12-14(10(2)3)11(4)18-13(19-12)8-20-7-6-15(16,17)9-20/h10H,5-9H2,1-4H3. The molecule has 2 rings (SSSR count). The summed E-state index contributed by atoms with van der Waals surface area (Å²) in [5, 5.41) is 0. The van der Waals surface area contributed by atoms with E-state index in [9.17, 15) is 8.78 Å². The number of aromatic nitrogens is 2. The molecule has 1 aliphatic rings. The van der Waals surface area contributed by atoms with Crippen LogP contribution in [-0.4, -0.2) is 33.9 Å². The van der Waals surface area contributed by atoms with Gasteiger partial charge in [-0.3, -0.25) is 4.90 Å². The molecule has 0 N–H and O–H groups in total. The maximum absolute atomic E-state index is 13.2. The fourth-order valence-electron chi connectivity index (χ4n) is 2.94. The number of aryl methyl sites for hydroxylation is 2. The van der Waals surface area contributed by atoms with Crippen LogP contribution in [0.5, 0.6) is 0 Å². The molecule has 0 atom stereocenters. The molecule has 0 radical (unpaired) electrons. The minimum atomic E-state index is -2.56. The van der Waals surface area contributed by atoms with Gasteiger partial charge in [-0.25, -0.2) is 18.7 Å². The molecule has 5 heteroatoms. The summed E-state index contributed by atoms with van der Waals surface area (Å²) in [7, 11) is 0. The monoisotopic (exact) mass is 283 g/mol. The molecule has 20 heavy (non-hydrogen) atoms. The van der Waals surface area contributed by atoms with Gasteiger partial charge in [-0.2, -0.15) is 0 Å². The predicted octanol–water partition coefficient (Wildman–Crippen LogP) is 3.31. The van der Waals surface area contributed by atoms with Crippen molar-refractivity contribution in [3.05, 3.63) is 22.8 Å². The number of hydrogen-bond donors (Lipinski definition) is 0. The van der Waals surface area contributed by atoms with Crippen molar-refractivity contribution < 1.29 is 8.78 Å². The van der Waals surface area contributed by atoms with E-state index in [2.05, 4.69) is 30.7 Å². The number of rotatable bonds is 4. The summed E-state index contributed by atoms with van der Waals surface area (Å²) < 4.78 is 26.4. The Hall–Kier alpha value is -1.10. The van der Waals surface area contributed by atoms with Crippen LogP contribution in [-0.2, 0) is 13.0 Å². The second-order valence-corrected chi connectivity index (χ2v) is 5.91. The number of alkyl halides is 2. The minimum Gasteiger partial charge on any atom is -0.290 e. The van der Waals surface area contributed by atoms with Crippen molar-refractivity contribution >= 4 is 0 Å². The molecule has 0 unspecified atom stereocenters. The summed E-state index contributed by atoms with van der Waals surface area (Å²) in [5.41, 5.74) is 3.23. The Kier molecular flexibility index (Phi) is 4.37. The molecule has 1 saturated heterocycles. The smallest absolute Gasteiger partial charge is 0.261 e. The molecule has 0 aliphatic carbocycles. The first-order valence-corrected chi connectivity index (χ1v) is 7.29. The Morgan fingerprint density at radius 3 is 2.50 bits per heavy atom. The van der Waals surface area contributed by atoms with Crippen molar-refractivity contribution in [2.45, 2.75) is 58.9 Å². The van der Waals surface area contributed by atoms with Gasteiger partial charge in [-0.1, -0.05) is 20.8 Å². The van der Waals surface area contributed by atoms with E-state index in [-0.39, 0.29) is 13.0 Å². The third-order valence-electron chi connectivity index (χ3n) is 3.79. The van der Waals surface area contributed by atoms with Crippen LogP contribution < -0.4 is 0 Å². The van der Waals surface area contributed by atoms with Gasteiger partial charge < -0.3 is 0 Å². The second-order valence-electron chi connectivity index (χ2n) is 5.91. The van der Waals surface area contributed by atoms with E-state index >= 15 is 0 Å². The van der Waals surface area contributed by atoms with Crippen LogP contribution in [0.3, 0.4) is 0 Å². The van der Waals surface area contributed by atoms with Gasteiger partial charge >= 0.3 is 0 Å². The fourth-order valence-corrected chi connectivity index (χ4v) is 2.94. The normalized spacial score (nSPS) is 18.9. The van der Waals surface area contributed by atoms with Gasteiger partial charge in [-0.15, -0.1) is 0 Å². The van der Waals surface area contributed by atoms with E-state index in [1.807, 2.05) is 6.92 Å². The van der Waals surface area contributed by atoms with Crippen LogP contribution in [0, 0.1) is 6.92 Å². The molecule has 0 saturated carbocycles. The first kappa shape index (κ1) is 15.3. The number of nitrogens with zero attached hydrogens (tertiary/aromatic N) is 3. The molecule has 1 aliphatic heterocycles. The lowest BCUT2D eigenvalue weighted by Crippen LogP contribution is -2.26. The average molecular weight is 283 g/mol. The summed E-state index contributed by atoms with van der Waals surface area (Å²) >= 11 is 0. The van der Waals surface area contributed by atoms with E-state index in [0.29, 0.717) is 24.8 Å². The molecule has 1 fully saturated rings. The summed E-state index contributed by atoms with van der Waals surface area (Å²) in [5.74, 6) is -1.50. The quantitative estimate of drug-likeness (QED) is 0.849. The summed E-state index contributed by atoms with van der Waals surface area (Å²) in [6.45, 7) is 8.98. The van der Waals surface area contributed by atoms with Gasteiger partial charge in [0.15, 0.2) is 0 Å². The van der Waals surface area contributed by atoms with Crippen molar-refractivity contribution in [2.24, 2.45) is 0 Å². The topological polar surface area (TPSA) is 29.0 Å². The van der Waals surface area contributed by atoms with Crippen LogP contribution in [0.4, 0.5) is 8.78 Å². The molecule has 2 heterocycles. The van der Waals surface area contributed by atoms with Crippen molar-refractivity contribution in [3.8, 4) is 0 Å². The molecule has 0 aromatic carbocycles. The maximum Gasteiger partial charge on any atom is 0.261 e. The highest BCUT2D eigenvalue weighted by molar-refractivity contribution is 5.28. The fraction of sp³-hybridized carbons (Fsp3) is 0.733. The van der Waals surface area contributed by atoms with Gasteiger partial charge in [0.2, 0.25) is 0 Å². The maximum atomic E-state index is 13.2. The number of likely N-dealkylation sites (tertiary alicyclic amines) is 1. The predicted molar refractivity (Wildman–Crippen MR) is 75.1 cm³/mol. The van der Waals surface area contributed by atoms with E-state index in [0.717, 1.165) is 17.8 Å². The lowest BCUT2D eigenvalue weighted by atomic mass is 9.98. The molecular formula is C15H23F2N3. The zero-order valence-electron chi connectivity index (χ0n) is 12.7. The first-order valence-electron chi connectivity index (χ1n) is 7.29. The van der Waals surface area contributed by atoms with E-state index in [4.69, 9.17) is 0 Å². The van der Waals surface area contributed by atoms with Crippen molar-refractivity contribution in [2.75, 3.05) is 13.1 Å². The largest absolute Gasteiger partial charge is 0.290 e. The Morgan fingerprint density at radius 2 is 2.00 bits per heavy atom. The van der Waals surface area contributed by atoms with Crippen molar-refractivity contribution in [1.82, 2.24) is 14.9 Å². The third kappa shape index (κ3) is 3.32. The van der Waals surface area contributed by atoms with Crippen LogP contribution >= 0.6 is 0 Å². The van der Waals surface area contributed by atoms with Gasteiger partial charge in [0, 0.05) is 24.4 Å². The summed E-state index contributed by atoms with van der Waals surface area (Å²) in [6, 6.07) is 0. The van der Waals surface area contributed by atoms with E-state index < -0.39 is 5.92 Å². The number of halogens is 2. The third-order valence-corrected chi connectivity index (χ3v) is 3.79. The zero-order chi connectivity index (χ0) is 14.9. The lowest BCUT2D eigenvalue weighted by molar-refractivity contribution is 0.0113. The Labute approximate surface area is 119 Å². The molecule has 0 bridgehead atoms. The SMILES string of the molecule is CCc1nc(CN2CCC(F)(F)C2)nc(C)c1C(C)C. The van der Waals surface area contributed by atoms with E-state index in [1.165, 1.54) is 5.56 Å². The molecule has 3 nitrogen and oxygen atoms in total. The Balaban J connectivity index is 2.19. The Morgan fingerprint density at radius 1 is 1.30 bits per heavy atom. The highest BCUT2D eigenvalue weighted by Crippen LogP contribution is 2.28. The molecule has 0 amide bonds. The molecule has 112 valence electrons. The van der Waals surface area contributed by atoms with Gasteiger partial charge in [0.05, 0.1) is 13.1 Å². The highest BCUT2D eigenvalue weighted by atomic mass is 19.3. The molecular weight excluding hydrogens is 260 g/mol. The van der Waals surface area contributed by atoms with E-state index in [1.54, 1.807) is 4.90 Å². The Bertz CT molecular complexity index is 486. The number of hydrogen-bond acceptors (Lipinski definition) is 3. The minimum absolute atomic E-state index is 0.0588. The average Bonchev–Trinajstić information content (AvgIpc) is 2.67. The zero-order valence-corrected chi connectivity index (χ0v) is 12.7. The first-order chi connectivity index (χ1) is 9.32. The van der Waals surface area contributed by atoms with Crippen LogP contribution in [0.15, 0.2) is 0 Å². The molecule has 0 spiro atoms. The van der Waals surface area contributed by atoms with Crippen LogP contribution in [0.1, 0.15) is 55.9 Å².